The summed E-state index contributed by atoms with van der Waals surface area (Å²) in [5.41, 5.74) is 5.66. The van der Waals surface area contributed by atoms with Crippen molar-refractivity contribution in [1.82, 2.24) is 4.90 Å². The Hall–Kier alpha value is -3.95. The van der Waals surface area contributed by atoms with E-state index in [1.54, 1.807) is 23.1 Å². The average molecular weight is 414 g/mol. The van der Waals surface area contributed by atoms with Crippen LogP contribution in [-0.4, -0.2) is 47.3 Å². The van der Waals surface area contributed by atoms with Crippen LogP contribution in [0.1, 0.15) is 34.6 Å². The van der Waals surface area contributed by atoms with Gasteiger partial charge in [-0.3, -0.25) is 19.7 Å². The molecule has 0 aliphatic heterocycles. The molecular weight excluding hydrogens is 392 g/mol. The number of carbonyl (C=O) groups is 3. The maximum Gasteiger partial charge on any atom is 0.338 e. The second-order valence-corrected chi connectivity index (χ2v) is 6.21. The molecule has 0 aliphatic rings. The molecule has 158 valence electrons. The standard InChI is InChI=1S/C20H22N4O6/c1-3-23(4-2)19(26)13-6-5-7-15(10-13)22-18(25)12-30-20(27)14-8-9-16(21)17(11-14)24(28)29/h5-11H,3-4,12,21H2,1-2H3,(H,22,25). The molecule has 30 heavy (non-hydrogen) atoms. The lowest BCUT2D eigenvalue weighted by atomic mass is 10.1. The normalized spacial score (nSPS) is 10.2. The zero-order valence-electron chi connectivity index (χ0n) is 16.6. The minimum Gasteiger partial charge on any atom is -0.452 e. The third-order valence-corrected chi connectivity index (χ3v) is 4.24. The molecular formula is C20H22N4O6. The van der Waals surface area contributed by atoms with Crippen molar-refractivity contribution in [2.45, 2.75) is 13.8 Å². The summed E-state index contributed by atoms with van der Waals surface area (Å²) in [4.78, 5) is 48.4. The van der Waals surface area contributed by atoms with Gasteiger partial charge >= 0.3 is 5.97 Å². The lowest BCUT2D eigenvalue weighted by molar-refractivity contribution is -0.383. The van der Waals surface area contributed by atoms with Gasteiger partial charge in [-0.2, -0.15) is 0 Å². The van der Waals surface area contributed by atoms with Crippen LogP contribution in [-0.2, 0) is 9.53 Å². The third kappa shape index (κ3) is 5.53. The van der Waals surface area contributed by atoms with Gasteiger partial charge in [0.25, 0.3) is 17.5 Å². The number of carbonyl (C=O) groups excluding carboxylic acids is 3. The van der Waals surface area contributed by atoms with Gasteiger partial charge in [0.15, 0.2) is 6.61 Å². The Balaban J connectivity index is 1.99. The first-order valence-electron chi connectivity index (χ1n) is 9.17. The van der Waals surface area contributed by atoms with Crippen LogP contribution in [0.3, 0.4) is 0 Å². The van der Waals surface area contributed by atoms with Gasteiger partial charge in [0.2, 0.25) is 0 Å². The molecule has 0 unspecified atom stereocenters. The number of benzene rings is 2. The highest BCUT2D eigenvalue weighted by Gasteiger charge is 2.18. The van der Waals surface area contributed by atoms with Crippen molar-refractivity contribution in [3.05, 3.63) is 63.7 Å². The number of hydrogen-bond acceptors (Lipinski definition) is 7. The summed E-state index contributed by atoms with van der Waals surface area (Å²) in [5.74, 6) is -1.69. The number of nitrogens with zero attached hydrogens (tertiary/aromatic N) is 2. The fourth-order valence-electron chi connectivity index (χ4n) is 2.66. The Kier molecular flexibility index (Phi) is 7.45. The molecule has 0 radical (unpaired) electrons. The van der Waals surface area contributed by atoms with Crippen molar-refractivity contribution < 1.29 is 24.0 Å². The third-order valence-electron chi connectivity index (χ3n) is 4.24. The molecule has 10 nitrogen and oxygen atoms in total. The largest absolute Gasteiger partial charge is 0.452 e. The van der Waals surface area contributed by atoms with Crippen LogP contribution in [0.2, 0.25) is 0 Å². The predicted octanol–water partition coefficient (Wildman–Crippen LogP) is 2.45. The van der Waals surface area contributed by atoms with Crippen molar-refractivity contribution in [3.63, 3.8) is 0 Å². The van der Waals surface area contributed by atoms with E-state index in [0.717, 1.165) is 6.07 Å². The smallest absolute Gasteiger partial charge is 0.338 e. The Labute approximate surface area is 172 Å². The van der Waals surface area contributed by atoms with Gasteiger partial charge in [0.1, 0.15) is 5.69 Å². The summed E-state index contributed by atoms with van der Waals surface area (Å²) >= 11 is 0. The maximum atomic E-state index is 12.4. The number of esters is 1. The van der Waals surface area contributed by atoms with Crippen LogP contribution in [0.25, 0.3) is 0 Å². The predicted molar refractivity (Wildman–Crippen MR) is 110 cm³/mol. The van der Waals surface area contributed by atoms with Crippen molar-refractivity contribution in [2.24, 2.45) is 0 Å². The molecule has 2 rings (SSSR count). The summed E-state index contributed by atoms with van der Waals surface area (Å²) in [6.45, 7) is 4.26. The van der Waals surface area contributed by atoms with E-state index in [4.69, 9.17) is 10.5 Å². The number of nitro benzene ring substituents is 1. The fourth-order valence-corrected chi connectivity index (χ4v) is 2.66. The van der Waals surface area contributed by atoms with Crippen LogP contribution in [0.15, 0.2) is 42.5 Å². The molecule has 2 aromatic rings. The van der Waals surface area contributed by atoms with E-state index in [9.17, 15) is 24.5 Å². The molecule has 0 heterocycles. The number of nitrogens with one attached hydrogen (secondary N) is 1. The number of nitro groups is 1. The summed E-state index contributed by atoms with van der Waals surface area (Å²) in [6, 6.07) is 9.87. The van der Waals surface area contributed by atoms with Crippen molar-refractivity contribution in [1.29, 1.82) is 0 Å². The highest BCUT2D eigenvalue weighted by atomic mass is 16.6. The Morgan fingerprint density at radius 2 is 1.80 bits per heavy atom. The molecule has 10 heteroatoms. The van der Waals surface area contributed by atoms with E-state index >= 15 is 0 Å². The number of nitrogens with two attached hydrogens (primary N) is 1. The van der Waals surface area contributed by atoms with Crippen molar-refractivity contribution in [3.8, 4) is 0 Å². The number of nitrogen functional groups attached to an aromatic ring is 1. The van der Waals surface area contributed by atoms with E-state index in [-0.39, 0.29) is 17.2 Å². The van der Waals surface area contributed by atoms with Gasteiger partial charge in [-0.25, -0.2) is 4.79 Å². The minimum atomic E-state index is -0.904. The number of hydrogen-bond donors (Lipinski definition) is 2. The van der Waals surface area contributed by atoms with Gasteiger partial charge in [-0.1, -0.05) is 6.07 Å². The molecule has 3 N–H and O–H groups in total. The number of ether oxygens (including phenoxy) is 1. The van der Waals surface area contributed by atoms with Gasteiger partial charge < -0.3 is 20.7 Å². The highest BCUT2D eigenvalue weighted by molar-refractivity contribution is 5.98. The second kappa shape index (κ2) is 10.0. The molecule has 2 amide bonds. The molecule has 0 atom stereocenters. The van der Waals surface area contributed by atoms with E-state index in [0.29, 0.717) is 24.3 Å². The van der Waals surface area contributed by atoms with Gasteiger partial charge in [0.05, 0.1) is 10.5 Å². The van der Waals surface area contributed by atoms with Crippen molar-refractivity contribution in [2.75, 3.05) is 30.7 Å². The second-order valence-electron chi connectivity index (χ2n) is 6.21. The molecule has 0 saturated heterocycles. The van der Waals surface area contributed by atoms with Gasteiger partial charge in [-0.15, -0.1) is 0 Å². The molecule has 2 aromatic carbocycles. The number of rotatable bonds is 8. The van der Waals surface area contributed by atoms with Crippen LogP contribution >= 0.6 is 0 Å². The molecule has 0 fully saturated rings. The maximum absolute atomic E-state index is 12.4. The van der Waals surface area contributed by atoms with Gasteiger partial charge in [-0.05, 0) is 44.2 Å². The average Bonchev–Trinajstić information content (AvgIpc) is 2.73. The number of anilines is 2. The number of amides is 2. The van der Waals surface area contributed by atoms with Crippen LogP contribution in [0, 0.1) is 10.1 Å². The van der Waals surface area contributed by atoms with Crippen LogP contribution < -0.4 is 11.1 Å². The molecule has 0 aliphatic carbocycles. The Bertz CT molecular complexity index is 972. The fraction of sp³-hybridized carbons (Fsp3) is 0.250. The van der Waals surface area contributed by atoms with E-state index in [1.807, 2.05) is 13.8 Å². The summed E-state index contributed by atoms with van der Waals surface area (Å²) < 4.78 is 4.90. The topological polar surface area (TPSA) is 145 Å². The van der Waals surface area contributed by atoms with E-state index in [2.05, 4.69) is 5.32 Å². The lowest BCUT2D eigenvalue weighted by Crippen LogP contribution is -2.30. The van der Waals surface area contributed by atoms with Crippen LogP contribution in [0.5, 0.6) is 0 Å². The summed E-state index contributed by atoms with van der Waals surface area (Å²) in [5, 5.41) is 13.4. The minimum absolute atomic E-state index is 0.0894. The zero-order chi connectivity index (χ0) is 22.3. The van der Waals surface area contributed by atoms with Crippen LogP contribution in [0.4, 0.5) is 17.1 Å². The summed E-state index contributed by atoms with van der Waals surface area (Å²) in [6.07, 6.45) is 0. The quantitative estimate of drug-likeness (QED) is 0.292. The zero-order valence-corrected chi connectivity index (χ0v) is 16.6. The molecule has 0 spiro atoms. The Morgan fingerprint density at radius 1 is 1.10 bits per heavy atom. The molecule has 0 aromatic heterocycles. The first-order chi connectivity index (χ1) is 14.3. The molecule has 0 bridgehead atoms. The van der Waals surface area contributed by atoms with E-state index < -0.39 is 29.1 Å². The monoisotopic (exact) mass is 414 g/mol. The van der Waals surface area contributed by atoms with E-state index in [1.165, 1.54) is 18.2 Å². The molecule has 0 saturated carbocycles. The van der Waals surface area contributed by atoms with Gasteiger partial charge in [0, 0.05) is 30.4 Å². The SMILES string of the molecule is CCN(CC)C(=O)c1cccc(NC(=O)COC(=O)c2ccc(N)c([N+](=O)[O-])c2)c1. The summed E-state index contributed by atoms with van der Waals surface area (Å²) in [7, 11) is 0. The highest BCUT2D eigenvalue weighted by Crippen LogP contribution is 2.22. The first kappa shape index (κ1) is 22.3. The first-order valence-corrected chi connectivity index (χ1v) is 9.17. The lowest BCUT2D eigenvalue weighted by Gasteiger charge is -2.19. The Morgan fingerprint density at radius 3 is 2.43 bits per heavy atom. The van der Waals surface area contributed by atoms with Crippen molar-refractivity contribution >= 4 is 34.8 Å².